The van der Waals surface area contributed by atoms with Crippen LogP contribution in [0.15, 0.2) is 17.5 Å². The molecule has 1 atom stereocenters. The summed E-state index contributed by atoms with van der Waals surface area (Å²) in [4.78, 5) is 19.5. The SMILES string of the molecule is COc1cc(C(=O)Nc2nc(CN3CCC[C@H](C)C3)cs2)cc(Cl)c1OC. The van der Waals surface area contributed by atoms with E-state index < -0.39 is 0 Å². The minimum absolute atomic E-state index is 0.287. The molecule has 1 N–H and O–H groups in total. The molecule has 2 heterocycles. The Morgan fingerprint density at radius 3 is 2.93 bits per heavy atom. The van der Waals surface area contributed by atoms with Crippen molar-refractivity contribution in [3.8, 4) is 11.5 Å². The van der Waals surface area contributed by atoms with Gasteiger partial charge in [0.25, 0.3) is 5.91 Å². The number of thiazole rings is 1. The largest absolute Gasteiger partial charge is 0.493 e. The number of likely N-dealkylation sites (tertiary alicyclic amines) is 1. The second kappa shape index (κ2) is 8.91. The zero-order chi connectivity index (χ0) is 19.4. The Bertz CT molecular complexity index is 811. The van der Waals surface area contributed by atoms with Gasteiger partial charge < -0.3 is 9.47 Å². The standard InChI is InChI=1S/C19H24ClN3O3S/c1-12-5-4-6-23(9-12)10-14-11-27-19(21-14)22-18(24)13-7-15(20)17(26-3)16(8-13)25-2/h7-8,11-12H,4-6,9-10H2,1-3H3,(H,21,22,24)/t12-/m0/s1. The average Bonchev–Trinajstić information content (AvgIpc) is 3.07. The molecule has 1 aliphatic heterocycles. The third-order valence-corrected chi connectivity index (χ3v) is 5.68. The van der Waals surface area contributed by atoms with Gasteiger partial charge >= 0.3 is 0 Å². The van der Waals surface area contributed by atoms with E-state index in [0.717, 1.165) is 31.2 Å². The number of aromatic nitrogens is 1. The molecule has 1 amide bonds. The molecule has 1 aromatic carbocycles. The molecule has 1 fully saturated rings. The molecule has 1 aliphatic rings. The van der Waals surface area contributed by atoms with Gasteiger partial charge in [-0.25, -0.2) is 4.98 Å². The monoisotopic (exact) mass is 409 g/mol. The van der Waals surface area contributed by atoms with E-state index in [4.69, 9.17) is 21.1 Å². The van der Waals surface area contributed by atoms with Gasteiger partial charge in [0.15, 0.2) is 16.6 Å². The molecule has 1 aromatic heterocycles. The van der Waals surface area contributed by atoms with Crippen LogP contribution in [0.25, 0.3) is 0 Å². The molecule has 0 aliphatic carbocycles. The van der Waals surface area contributed by atoms with E-state index in [0.29, 0.717) is 27.2 Å². The summed E-state index contributed by atoms with van der Waals surface area (Å²) in [5.41, 5.74) is 1.37. The molecule has 0 radical (unpaired) electrons. The number of nitrogens with one attached hydrogen (secondary N) is 1. The highest BCUT2D eigenvalue weighted by Gasteiger charge is 2.19. The van der Waals surface area contributed by atoms with Crippen LogP contribution in [0.5, 0.6) is 11.5 Å². The van der Waals surface area contributed by atoms with E-state index in [9.17, 15) is 4.79 Å². The fraction of sp³-hybridized carbons (Fsp3) is 0.474. The van der Waals surface area contributed by atoms with E-state index >= 15 is 0 Å². The Kier molecular flexibility index (Phi) is 6.57. The summed E-state index contributed by atoms with van der Waals surface area (Å²) in [7, 11) is 3.01. The first-order valence-electron chi connectivity index (χ1n) is 8.89. The summed E-state index contributed by atoms with van der Waals surface area (Å²) < 4.78 is 10.4. The van der Waals surface area contributed by atoms with Crippen LogP contribution in [0, 0.1) is 5.92 Å². The molecule has 0 bridgehead atoms. The smallest absolute Gasteiger partial charge is 0.257 e. The van der Waals surface area contributed by atoms with E-state index in [2.05, 4.69) is 22.1 Å². The lowest BCUT2D eigenvalue weighted by molar-refractivity contribution is 0.102. The van der Waals surface area contributed by atoms with Gasteiger partial charge in [-0.2, -0.15) is 0 Å². The molecule has 146 valence electrons. The highest BCUT2D eigenvalue weighted by Crippen LogP contribution is 2.36. The summed E-state index contributed by atoms with van der Waals surface area (Å²) in [6.07, 6.45) is 2.53. The number of carbonyl (C=O) groups excluding carboxylic acids is 1. The predicted molar refractivity (Wildman–Crippen MR) is 108 cm³/mol. The molecular weight excluding hydrogens is 386 g/mol. The maximum atomic E-state index is 12.6. The molecule has 0 saturated carbocycles. The number of nitrogens with zero attached hydrogens (tertiary/aromatic N) is 2. The van der Waals surface area contributed by atoms with Crippen molar-refractivity contribution in [1.82, 2.24) is 9.88 Å². The first kappa shape index (κ1) is 19.9. The van der Waals surface area contributed by atoms with Crippen LogP contribution in [-0.4, -0.2) is 43.1 Å². The van der Waals surface area contributed by atoms with Gasteiger partial charge in [-0.1, -0.05) is 18.5 Å². The number of piperidine rings is 1. The molecule has 8 heteroatoms. The number of hydrogen-bond acceptors (Lipinski definition) is 6. The minimum atomic E-state index is -0.287. The lowest BCUT2D eigenvalue weighted by Gasteiger charge is -2.30. The molecule has 0 unspecified atom stereocenters. The topological polar surface area (TPSA) is 63.7 Å². The first-order valence-corrected chi connectivity index (χ1v) is 10.2. The van der Waals surface area contributed by atoms with Gasteiger partial charge in [0.05, 0.1) is 24.9 Å². The fourth-order valence-corrected chi connectivity index (χ4v) is 4.30. The second-order valence-electron chi connectivity index (χ2n) is 6.77. The summed E-state index contributed by atoms with van der Waals surface area (Å²) in [6.45, 7) is 5.31. The number of halogens is 1. The van der Waals surface area contributed by atoms with Crippen LogP contribution in [0.3, 0.4) is 0 Å². The molecular formula is C19H24ClN3O3S. The Morgan fingerprint density at radius 2 is 2.22 bits per heavy atom. The normalized spacial score (nSPS) is 17.6. The zero-order valence-electron chi connectivity index (χ0n) is 15.8. The predicted octanol–water partition coefficient (Wildman–Crippen LogP) is 4.30. The summed E-state index contributed by atoms with van der Waals surface area (Å²) >= 11 is 7.61. The Labute approximate surface area is 168 Å². The second-order valence-corrected chi connectivity index (χ2v) is 8.04. The van der Waals surface area contributed by atoms with Crippen molar-refractivity contribution in [2.24, 2.45) is 5.92 Å². The molecule has 2 aromatic rings. The number of amides is 1. The molecule has 0 spiro atoms. The van der Waals surface area contributed by atoms with Gasteiger partial charge in [0, 0.05) is 24.0 Å². The Balaban J connectivity index is 1.66. The number of benzene rings is 1. The van der Waals surface area contributed by atoms with Crippen molar-refractivity contribution in [2.75, 3.05) is 32.6 Å². The van der Waals surface area contributed by atoms with Crippen molar-refractivity contribution >= 4 is 34.0 Å². The van der Waals surface area contributed by atoms with E-state index in [-0.39, 0.29) is 5.91 Å². The van der Waals surface area contributed by atoms with Crippen molar-refractivity contribution in [1.29, 1.82) is 0 Å². The van der Waals surface area contributed by atoms with Crippen LogP contribution in [0.2, 0.25) is 5.02 Å². The number of methoxy groups -OCH3 is 2. The van der Waals surface area contributed by atoms with Crippen molar-refractivity contribution in [2.45, 2.75) is 26.3 Å². The molecule has 3 rings (SSSR count). The van der Waals surface area contributed by atoms with Crippen LogP contribution in [-0.2, 0) is 6.54 Å². The number of ether oxygens (including phenoxy) is 2. The van der Waals surface area contributed by atoms with E-state index in [1.165, 1.54) is 38.4 Å². The van der Waals surface area contributed by atoms with E-state index in [1.54, 1.807) is 12.1 Å². The van der Waals surface area contributed by atoms with Gasteiger partial charge in [0.1, 0.15) is 0 Å². The summed E-state index contributed by atoms with van der Waals surface area (Å²) in [5.74, 6) is 1.26. The van der Waals surface area contributed by atoms with Crippen molar-refractivity contribution < 1.29 is 14.3 Å². The number of rotatable bonds is 6. The number of hydrogen-bond donors (Lipinski definition) is 1. The Morgan fingerprint density at radius 1 is 1.41 bits per heavy atom. The Hall–Kier alpha value is -1.83. The third kappa shape index (κ3) is 4.91. The maximum absolute atomic E-state index is 12.6. The average molecular weight is 410 g/mol. The van der Waals surface area contributed by atoms with Gasteiger partial charge in [-0.05, 0) is 37.4 Å². The number of anilines is 1. The fourth-order valence-electron chi connectivity index (χ4n) is 3.31. The third-order valence-electron chi connectivity index (χ3n) is 4.59. The summed E-state index contributed by atoms with van der Waals surface area (Å²) in [6, 6.07) is 3.16. The van der Waals surface area contributed by atoms with Crippen LogP contribution in [0.1, 0.15) is 35.8 Å². The number of carbonyl (C=O) groups is 1. The summed E-state index contributed by atoms with van der Waals surface area (Å²) in [5, 5.41) is 5.73. The molecule has 6 nitrogen and oxygen atoms in total. The highest BCUT2D eigenvalue weighted by molar-refractivity contribution is 7.14. The maximum Gasteiger partial charge on any atom is 0.257 e. The van der Waals surface area contributed by atoms with Crippen LogP contribution in [0.4, 0.5) is 5.13 Å². The van der Waals surface area contributed by atoms with Crippen LogP contribution >= 0.6 is 22.9 Å². The highest BCUT2D eigenvalue weighted by atomic mass is 35.5. The molecule has 27 heavy (non-hydrogen) atoms. The van der Waals surface area contributed by atoms with Crippen LogP contribution < -0.4 is 14.8 Å². The van der Waals surface area contributed by atoms with Crippen molar-refractivity contribution in [3.05, 3.63) is 33.8 Å². The quantitative estimate of drug-likeness (QED) is 0.770. The van der Waals surface area contributed by atoms with Crippen molar-refractivity contribution in [3.63, 3.8) is 0 Å². The van der Waals surface area contributed by atoms with Gasteiger partial charge in [-0.3, -0.25) is 15.0 Å². The lowest BCUT2D eigenvalue weighted by Crippen LogP contribution is -2.33. The van der Waals surface area contributed by atoms with E-state index in [1.807, 2.05) is 5.38 Å². The van der Waals surface area contributed by atoms with Gasteiger partial charge in [0.2, 0.25) is 0 Å². The van der Waals surface area contributed by atoms with Gasteiger partial charge in [-0.15, -0.1) is 11.3 Å². The lowest BCUT2D eigenvalue weighted by atomic mass is 10.0. The first-order chi connectivity index (χ1) is 13.0. The zero-order valence-corrected chi connectivity index (χ0v) is 17.3. The molecule has 1 saturated heterocycles. The minimum Gasteiger partial charge on any atom is -0.493 e.